The molecule has 3 aromatic rings. The maximum absolute atomic E-state index is 2.52. The van der Waals surface area contributed by atoms with Crippen LogP contribution in [0.4, 0.5) is 0 Å². The molecule has 3 aromatic carbocycles. The van der Waals surface area contributed by atoms with Crippen molar-refractivity contribution in [2.45, 2.75) is 89.4 Å². The van der Waals surface area contributed by atoms with Crippen LogP contribution in [0.25, 0.3) is 0 Å². The SMILES string of the molecule is Cc1ccc(C2(c3ccc(C)cc3C)CC(c3ccccc3)CCP2C2CCCCC2)c(C)c1. The van der Waals surface area contributed by atoms with Crippen LogP contribution in [-0.2, 0) is 5.16 Å². The third-order valence-electron chi connectivity index (χ3n) is 8.69. The van der Waals surface area contributed by atoms with E-state index in [1.165, 1.54) is 73.4 Å². The predicted molar refractivity (Wildman–Crippen MR) is 150 cm³/mol. The smallest absolute Gasteiger partial charge is 0.0414 e. The van der Waals surface area contributed by atoms with Gasteiger partial charge in [0.25, 0.3) is 0 Å². The molecule has 1 saturated carbocycles. The van der Waals surface area contributed by atoms with Crippen LogP contribution in [-0.4, -0.2) is 11.8 Å². The first kappa shape index (κ1) is 23.8. The second-order valence-corrected chi connectivity index (χ2v) is 14.0. The maximum Gasteiger partial charge on any atom is 0.0414 e. The standard InChI is InChI=1S/C33H41P/c1-24-15-17-31(26(3)21-24)33(32-18-16-25(2)22-27(32)4)23-29(28-11-7-5-8-12-28)19-20-34(33)30-13-9-6-10-14-30/h5,7-8,11-12,15-18,21-22,29-30H,6,9-10,13-14,19-20,23H2,1-4H3. The summed E-state index contributed by atoms with van der Waals surface area (Å²) in [7, 11) is -0.159. The molecular formula is C33H41P. The molecule has 0 N–H and O–H groups in total. The highest BCUT2D eigenvalue weighted by Crippen LogP contribution is 2.71. The van der Waals surface area contributed by atoms with Crippen molar-refractivity contribution in [1.82, 2.24) is 0 Å². The molecule has 1 aliphatic carbocycles. The number of hydrogen-bond acceptors (Lipinski definition) is 0. The van der Waals surface area contributed by atoms with Crippen LogP contribution in [0.3, 0.4) is 0 Å². The minimum absolute atomic E-state index is 0.145. The van der Waals surface area contributed by atoms with Gasteiger partial charge in [0.1, 0.15) is 0 Å². The summed E-state index contributed by atoms with van der Waals surface area (Å²) in [5, 5.41) is 0.145. The molecule has 0 radical (unpaired) electrons. The molecule has 0 amide bonds. The van der Waals surface area contributed by atoms with Gasteiger partial charge in [-0.15, -0.1) is 0 Å². The Balaban J connectivity index is 1.74. The Kier molecular flexibility index (Phi) is 7.00. The van der Waals surface area contributed by atoms with Gasteiger partial charge in [0.15, 0.2) is 0 Å². The molecule has 178 valence electrons. The maximum atomic E-state index is 2.52. The van der Waals surface area contributed by atoms with E-state index >= 15 is 0 Å². The molecular weight excluding hydrogens is 427 g/mol. The average Bonchev–Trinajstić information content (AvgIpc) is 2.85. The van der Waals surface area contributed by atoms with Gasteiger partial charge >= 0.3 is 0 Å². The fraction of sp³-hybridized carbons (Fsp3) is 0.455. The van der Waals surface area contributed by atoms with E-state index in [0.717, 1.165) is 5.66 Å². The first-order valence-electron chi connectivity index (χ1n) is 13.5. The normalized spacial score (nSPS) is 23.1. The second kappa shape index (κ2) is 9.99. The van der Waals surface area contributed by atoms with E-state index < -0.39 is 0 Å². The lowest BCUT2D eigenvalue weighted by Gasteiger charge is -2.53. The number of benzene rings is 3. The summed E-state index contributed by atoms with van der Waals surface area (Å²) in [6.45, 7) is 9.26. The van der Waals surface area contributed by atoms with Crippen molar-refractivity contribution in [3.05, 3.63) is 106 Å². The highest BCUT2D eigenvalue weighted by Gasteiger charge is 2.50. The Labute approximate surface area is 209 Å². The number of hydrogen-bond donors (Lipinski definition) is 0. The monoisotopic (exact) mass is 468 g/mol. The van der Waals surface area contributed by atoms with Gasteiger partial charge in [-0.1, -0.05) is 105 Å². The van der Waals surface area contributed by atoms with Crippen LogP contribution >= 0.6 is 7.92 Å². The van der Waals surface area contributed by atoms with E-state index in [0.29, 0.717) is 5.92 Å². The van der Waals surface area contributed by atoms with Crippen molar-refractivity contribution in [2.75, 3.05) is 6.16 Å². The first-order chi connectivity index (χ1) is 16.5. The minimum atomic E-state index is -0.159. The molecule has 5 rings (SSSR count). The van der Waals surface area contributed by atoms with Crippen LogP contribution in [0.15, 0.2) is 66.7 Å². The molecule has 1 heteroatoms. The molecule has 1 heterocycles. The molecule has 2 atom stereocenters. The van der Waals surface area contributed by atoms with Crippen LogP contribution in [0.2, 0.25) is 0 Å². The van der Waals surface area contributed by atoms with Gasteiger partial charge in [0, 0.05) is 5.16 Å². The Morgan fingerprint density at radius 1 is 0.676 bits per heavy atom. The Morgan fingerprint density at radius 3 is 1.82 bits per heavy atom. The summed E-state index contributed by atoms with van der Waals surface area (Å²) in [6.07, 6.45) is 11.2. The number of aryl methyl sites for hydroxylation is 4. The second-order valence-electron chi connectivity index (χ2n) is 11.1. The fourth-order valence-electron chi connectivity index (χ4n) is 7.19. The Bertz CT molecular complexity index is 1070. The van der Waals surface area contributed by atoms with Gasteiger partial charge in [-0.25, -0.2) is 0 Å². The lowest BCUT2D eigenvalue weighted by molar-refractivity contribution is 0.465. The van der Waals surface area contributed by atoms with E-state index in [1.54, 1.807) is 16.7 Å². The van der Waals surface area contributed by atoms with E-state index in [9.17, 15) is 0 Å². The van der Waals surface area contributed by atoms with Gasteiger partial charge in [-0.05, 0) is 98.9 Å². The van der Waals surface area contributed by atoms with E-state index in [4.69, 9.17) is 0 Å². The highest BCUT2D eigenvalue weighted by molar-refractivity contribution is 7.60. The van der Waals surface area contributed by atoms with Gasteiger partial charge in [-0.3, -0.25) is 0 Å². The summed E-state index contributed by atoms with van der Waals surface area (Å²) in [6, 6.07) is 26.1. The zero-order chi connectivity index (χ0) is 23.7. The van der Waals surface area contributed by atoms with Crippen molar-refractivity contribution >= 4 is 7.92 Å². The average molecular weight is 469 g/mol. The molecule has 0 nitrogen and oxygen atoms in total. The summed E-state index contributed by atoms with van der Waals surface area (Å²) in [4.78, 5) is 0. The summed E-state index contributed by atoms with van der Waals surface area (Å²) in [5.74, 6) is 0.630. The van der Waals surface area contributed by atoms with E-state index in [1.807, 2.05) is 0 Å². The quantitative estimate of drug-likeness (QED) is 0.334. The summed E-state index contributed by atoms with van der Waals surface area (Å²) >= 11 is 0. The summed E-state index contributed by atoms with van der Waals surface area (Å²) in [5.41, 5.74) is 11.5. The fourth-order valence-corrected chi connectivity index (χ4v) is 11.7. The van der Waals surface area contributed by atoms with Gasteiger partial charge in [0.2, 0.25) is 0 Å². The lowest BCUT2D eigenvalue weighted by atomic mass is 9.76. The topological polar surface area (TPSA) is 0 Å². The first-order valence-corrected chi connectivity index (χ1v) is 15.1. The van der Waals surface area contributed by atoms with Gasteiger partial charge in [-0.2, -0.15) is 0 Å². The van der Waals surface area contributed by atoms with Crippen molar-refractivity contribution in [3.63, 3.8) is 0 Å². The summed E-state index contributed by atoms with van der Waals surface area (Å²) < 4.78 is 0. The molecule has 2 aliphatic rings. The van der Waals surface area contributed by atoms with Crippen LogP contribution in [0, 0.1) is 27.7 Å². The van der Waals surface area contributed by atoms with Crippen molar-refractivity contribution in [3.8, 4) is 0 Å². The predicted octanol–water partition coefficient (Wildman–Crippen LogP) is 9.56. The Morgan fingerprint density at radius 2 is 1.26 bits per heavy atom. The minimum Gasteiger partial charge on any atom is -0.0878 e. The zero-order valence-corrected chi connectivity index (χ0v) is 22.5. The molecule has 2 unspecified atom stereocenters. The van der Waals surface area contributed by atoms with E-state index in [2.05, 4.69) is 94.4 Å². The molecule has 0 spiro atoms. The highest BCUT2D eigenvalue weighted by atomic mass is 31.1. The van der Waals surface area contributed by atoms with Crippen molar-refractivity contribution in [1.29, 1.82) is 0 Å². The number of rotatable bonds is 4. The molecule has 2 fully saturated rings. The van der Waals surface area contributed by atoms with Crippen molar-refractivity contribution in [2.24, 2.45) is 0 Å². The van der Waals surface area contributed by atoms with Crippen LogP contribution < -0.4 is 0 Å². The van der Waals surface area contributed by atoms with Gasteiger partial charge in [0.05, 0.1) is 0 Å². The molecule has 0 bridgehead atoms. The third kappa shape index (κ3) is 4.40. The lowest BCUT2D eigenvalue weighted by Crippen LogP contribution is -2.38. The van der Waals surface area contributed by atoms with Crippen LogP contribution in [0.1, 0.15) is 89.8 Å². The van der Waals surface area contributed by atoms with Gasteiger partial charge < -0.3 is 0 Å². The zero-order valence-electron chi connectivity index (χ0n) is 21.6. The molecule has 1 aliphatic heterocycles. The largest absolute Gasteiger partial charge is 0.0878 e. The van der Waals surface area contributed by atoms with Crippen molar-refractivity contribution < 1.29 is 0 Å². The van der Waals surface area contributed by atoms with E-state index in [-0.39, 0.29) is 13.1 Å². The third-order valence-corrected chi connectivity index (χ3v) is 12.5. The molecule has 34 heavy (non-hydrogen) atoms. The molecule has 0 aromatic heterocycles. The molecule has 1 saturated heterocycles. The van der Waals surface area contributed by atoms with Crippen LogP contribution in [0.5, 0.6) is 0 Å². The Hall–Kier alpha value is -1.91.